The van der Waals surface area contributed by atoms with Crippen LogP contribution in [-0.4, -0.2) is 90.7 Å². The zero-order valence-corrected chi connectivity index (χ0v) is 18.9. The van der Waals surface area contributed by atoms with Gasteiger partial charge in [-0.2, -0.15) is 0 Å². The average Bonchev–Trinajstić information content (AvgIpc) is 3.04. The highest BCUT2D eigenvalue weighted by molar-refractivity contribution is 8.00. The summed E-state index contributed by atoms with van der Waals surface area (Å²) < 4.78 is 0. The van der Waals surface area contributed by atoms with Crippen LogP contribution in [0, 0.1) is 0 Å². The minimum atomic E-state index is -0.397. The number of thioether (sulfide) groups is 1. The van der Waals surface area contributed by atoms with Crippen molar-refractivity contribution in [1.29, 1.82) is 0 Å². The van der Waals surface area contributed by atoms with Crippen molar-refractivity contribution >= 4 is 41.9 Å². The topological polar surface area (TPSA) is 94.4 Å². The summed E-state index contributed by atoms with van der Waals surface area (Å²) in [6.07, 6.45) is 8.96. The number of hydrogen-bond acceptors (Lipinski definition) is 7. The number of dihydropyridines is 1. The van der Waals surface area contributed by atoms with E-state index in [0.29, 0.717) is 25.4 Å². The number of imide groups is 1. The number of hydrogen-bond donors (Lipinski definition) is 1. The minimum absolute atomic E-state index is 0.127. The maximum atomic E-state index is 12.6. The second-order valence-electron chi connectivity index (χ2n) is 7.20. The van der Waals surface area contributed by atoms with Crippen LogP contribution in [0.25, 0.3) is 0 Å². The van der Waals surface area contributed by atoms with Gasteiger partial charge in [-0.15, -0.1) is 11.8 Å². The van der Waals surface area contributed by atoms with Crippen LogP contribution in [0.4, 0.5) is 0 Å². The Morgan fingerprint density at radius 2 is 2.29 bits per heavy atom. The Balaban J connectivity index is 1.91. The Morgan fingerprint density at radius 3 is 2.94 bits per heavy atom. The van der Waals surface area contributed by atoms with Gasteiger partial charge in [-0.25, -0.2) is 0 Å². The van der Waals surface area contributed by atoms with Crippen LogP contribution in [0.15, 0.2) is 46.6 Å². The Bertz CT molecular complexity index is 790. The quantitative estimate of drug-likeness (QED) is 0.263. The van der Waals surface area contributed by atoms with E-state index in [1.807, 2.05) is 12.2 Å². The van der Waals surface area contributed by atoms with Crippen LogP contribution in [0.2, 0.25) is 0 Å². The van der Waals surface area contributed by atoms with E-state index < -0.39 is 5.25 Å². The highest BCUT2D eigenvalue weighted by atomic mass is 32.2. The van der Waals surface area contributed by atoms with Crippen LogP contribution in [0.1, 0.15) is 19.3 Å². The molecule has 2 heterocycles. The summed E-state index contributed by atoms with van der Waals surface area (Å²) >= 11 is 1.48. The molecule has 0 bridgehead atoms. The Labute approximate surface area is 188 Å². The van der Waals surface area contributed by atoms with Gasteiger partial charge >= 0.3 is 0 Å². The van der Waals surface area contributed by atoms with E-state index in [9.17, 15) is 14.4 Å². The van der Waals surface area contributed by atoms with Gasteiger partial charge in [-0.05, 0) is 25.3 Å². The molecule has 168 valence electrons. The number of amides is 3. The van der Waals surface area contributed by atoms with Crippen molar-refractivity contribution in [3.05, 3.63) is 36.6 Å². The summed E-state index contributed by atoms with van der Waals surface area (Å²) in [6, 6.07) is 0. The largest absolute Gasteiger partial charge is 0.359 e. The van der Waals surface area contributed by atoms with Gasteiger partial charge in [-0.3, -0.25) is 34.2 Å². The van der Waals surface area contributed by atoms with Crippen LogP contribution in [0.5, 0.6) is 0 Å². The van der Waals surface area contributed by atoms with Crippen molar-refractivity contribution in [3.8, 4) is 0 Å². The molecule has 2 aliphatic heterocycles. The number of nitrogens with zero attached hydrogens (tertiary/aromatic N) is 4. The van der Waals surface area contributed by atoms with Gasteiger partial charge in [-0.1, -0.05) is 18.7 Å². The number of rotatable bonds is 13. The summed E-state index contributed by atoms with van der Waals surface area (Å²) in [5, 5.41) is 2.11. The van der Waals surface area contributed by atoms with Crippen LogP contribution >= 0.6 is 11.8 Å². The van der Waals surface area contributed by atoms with E-state index in [-0.39, 0.29) is 37.1 Å². The van der Waals surface area contributed by atoms with Crippen LogP contribution in [0.3, 0.4) is 0 Å². The number of allylic oxidation sites excluding steroid dienone is 2. The molecule has 0 saturated carbocycles. The van der Waals surface area contributed by atoms with Gasteiger partial charge in [0.1, 0.15) is 0 Å². The number of likely N-dealkylation sites (tertiary alicyclic amines) is 1. The van der Waals surface area contributed by atoms with Gasteiger partial charge in [0.15, 0.2) is 0 Å². The Kier molecular flexibility index (Phi) is 10.4. The molecule has 1 fully saturated rings. The molecule has 1 atom stereocenters. The minimum Gasteiger partial charge on any atom is -0.359 e. The van der Waals surface area contributed by atoms with E-state index in [4.69, 9.17) is 0 Å². The van der Waals surface area contributed by atoms with Crippen LogP contribution < -0.4 is 5.32 Å². The van der Waals surface area contributed by atoms with Crippen molar-refractivity contribution in [2.45, 2.75) is 24.5 Å². The predicted octanol–water partition coefficient (Wildman–Crippen LogP) is 1.46. The zero-order chi connectivity index (χ0) is 22.6. The molecule has 1 unspecified atom stereocenters. The molecule has 0 aromatic carbocycles. The van der Waals surface area contributed by atoms with E-state index in [0.717, 1.165) is 24.4 Å². The second kappa shape index (κ2) is 13.0. The molecule has 31 heavy (non-hydrogen) atoms. The number of carbonyl (C=O) groups excluding carboxylic acids is 3. The van der Waals surface area contributed by atoms with Gasteiger partial charge in [0.25, 0.3) is 0 Å². The number of nitrogens with one attached hydrogen (secondary N) is 1. The molecule has 0 aromatic heterocycles. The van der Waals surface area contributed by atoms with Crippen molar-refractivity contribution in [2.24, 2.45) is 9.98 Å². The molecule has 2 aliphatic rings. The van der Waals surface area contributed by atoms with Gasteiger partial charge < -0.3 is 5.32 Å². The van der Waals surface area contributed by atoms with Crippen molar-refractivity contribution in [3.63, 3.8) is 0 Å². The first-order valence-electron chi connectivity index (χ1n) is 10.4. The molecule has 0 radical (unpaired) electrons. The van der Waals surface area contributed by atoms with Crippen molar-refractivity contribution in [2.75, 3.05) is 45.5 Å². The Hall–Kier alpha value is -2.52. The lowest BCUT2D eigenvalue weighted by atomic mass is 10.2. The highest BCUT2D eigenvalue weighted by Gasteiger charge is 2.38. The van der Waals surface area contributed by atoms with Crippen molar-refractivity contribution in [1.82, 2.24) is 15.1 Å². The molecular weight excluding hydrogens is 414 g/mol. The summed E-state index contributed by atoms with van der Waals surface area (Å²) in [5.41, 5.74) is 1.83. The first-order chi connectivity index (χ1) is 15.0. The third kappa shape index (κ3) is 7.91. The molecule has 3 amide bonds. The molecule has 0 aliphatic carbocycles. The number of carbonyl (C=O) groups is 3. The lowest BCUT2D eigenvalue weighted by molar-refractivity contribution is -0.138. The maximum absolute atomic E-state index is 12.6. The fourth-order valence-electron chi connectivity index (χ4n) is 3.30. The van der Waals surface area contributed by atoms with Crippen molar-refractivity contribution < 1.29 is 14.4 Å². The van der Waals surface area contributed by atoms with E-state index in [2.05, 4.69) is 39.6 Å². The standard InChI is InChI=1S/C22H31N5O3S/c1-4-7-17(23-2)15-26(16-18-8-5-6-10-25-18)12-13-31-19-14-21(29)27(22(19)30)11-9-20(28)24-3/h4-5,7-8,19H,1-2,6,9-16H2,3H3,(H,24,28)/b17-7-. The molecule has 0 spiro atoms. The van der Waals surface area contributed by atoms with Crippen LogP contribution in [-0.2, 0) is 14.4 Å². The molecule has 0 aromatic rings. The second-order valence-corrected chi connectivity index (χ2v) is 8.51. The third-order valence-electron chi connectivity index (χ3n) is 4.98. The first-order valence-corrected chi connectivity index (χ1v) is 11.4. The molecule has 2 rings (SSSR count). The fraction of sp³-hybridized carbons (Fsp3) is 0.500. The van der Waals surface area contributed by atoms with E-state index >= 15 is 0 Å². The van der Waals surface area contributed by atoms with Gasteiger partial charge in [0.05, 0.1) is 10.9 Å². The molecule has 8 nitrogen and oxygen atoms in total. The zero-order valence-electron chi connectivity index (χ0n) is 18.1. The first kappa shape index (κ1) is 24.7. The SMILES string of the molecule is C=C/C=C(/CN(CCSC1CC(=O)N(CCC(=O)NC)C1=O)CC1=NCCC=C1)N=C. The smallest absolute Gasteiger partial charge is 0.242 e. The molecular formula is C22H31N5O3S. The summed E-state index contributed by atoms with van der Waals surface area (Å²) in [6.45, 7) is 10.3. The van der Waals surface area contributed by atoms with E-state index in [1.54, 1.807) is 6.08 Å². The highest BCUT2D eigenvalue weighted by Crippen LogP contribution is 2.25. The third-order valence-corrected chi connectivity index (χ3v) is 6.16. The monoisotopic (exact) mass is 445 g/mol. The molecule has 1 saturated heterocycles. The normalized spacial score (nSPS) is 19.0. The summed E-state index contributed by atoms with van der Waals surface area (Å²) in [5.74, 6) is 0.0796. The predicted molar refractivity (Wildman–Crippen MR) is 127 cm³/mol. The summed E-state index contributed by atoms with van der Waals surface area (Å²) in [7, 11) is 1.53. The van der Waals surface area contributed by atoms with Gasteiger partial charge in [0.2, 0.25) is 17.7 Å². The molecule has 1 N–H and O–H groups in total. The Morgan fingerprint density at radius 1 is 1.48 bits per heavy atom. The summed E-state index contributed by atoms with van der Waals surface area (Å²) in [4.78, 5) is 48.3. The lowest BCUT2D eigenvalue weighted by Gasteiger charge is -2.23. The van der Waals surface area contributed by atoms with Gasteiger partial charge in [0, 0.05) is 64.1 Å². The number of aliphatic imine (C=N–C) groups is 2. The maximum Gasteiger partial charge on any atom is 0.242 e. The average molecular weight is 446 g/mol. The lowest BCUT2D eigenvalue weighted by Crippen LogP contribution is -2.35. The fourth-order valence-corrected chi connectivity index (χ4v) is 4.48. The molecule has 9 heteroatoms. The van der Waals surface area contributed by atoms with E-state index in [1.165, 1.54) is 23.7 Å².